The van der Waals surface area contributed by atoms with Gasteiger partial charge in [0.05, 0.1) is 17.2 Å². The maximum Gasteiger partial charge on any atom is 0.323 e. The molecule has 8 nitrogen and oxygen atoms in total. The molecule has 37 heavy (non-hydrogen) atoms. The third-order valence-corrected chi connectivity index (χ3v) is 7.19. The second-order valence-corrected chi connectivity index (χ2v) is 9.92. The number of fused-ring (bicyclic) bond motifs is 1. The van der Waals surface area contributed by atoms with E-state index >= 15 is 0 Å². The van der Waals surface area contributed by atoms with Gasteiger partial charge in [-0.25, -0.2) is 9.18 Å². The standard InChI is InChI=1S/C27H23FIN5O3/c28-17-5-10-23-21(13-17)24(14-30-23)33-27(37)32-19-8-6-18(7-9-19)31-25(35)16-11-12-34(15-16)26(36)20-3-1-2-4-22(20)29/h1-10,13-14,16,30H,11-12,15H2,(H,31,35)(H2,32,33,37). The number of hydrogen-bond donors (Lipinski definition) is 4. The highest BCUT2D eigenvalue weighted by molar-refractivity contribution is 14.1. The number of benzene rings is 3. The van der Waals surface area contributed by atoms with Crippen molar-refractivity contribution in [2.75, 3.05) is 29.0 Å². The number of nitrogens with zero attached hydrogens (tertiary/aromatic N) is 1. The van der Waals surface area contributed by atoms with E-state index in [1.54, 1.807) is 47.5 Å². The summed E-state index contributed by atoms with van der Waals surface area (Å²) in [7, 11) is 0. The second-order valence-electron chi connectivity index (χ2n) is 8.75. The zero-order valence-corrected chi connectivity index (χ0v) is 21.7. The number of anilines is 3. The van der Waals surface area contributed by atoms with E-state index in [0.717, 1.165) is 3.57 Å². The van der Waals surface area contributed by atoms with Crippen LogP contribution in [0.5, 0.6) is 0 Å². The van der Waals surface area contributed by atoms with Crippen molar-refractivity contribution in [3.05, 3.63) is 87.9 Å². The summed E-state index contributed by atoms with van der Waals surface area (Å²) in [4.78, 5) is 42.7. The van der Waals surface area contributed by atoms with Gasteiger partial charge < -0.3 is 25.8 Å². The molecule has 0 spiro atoms. The van der Waals surface area contributed by atoms with Crippen LogP contribution in [0.25, 0.3) is 10.9 Å². The number of nitrogens with one attached hydrogen (secondary N) is 4. The van der Waals surface area contributed by atoms with E-state index < -0.39 is 11.8 Å². The van der Waals surface area contributed by atoms with Crippen molar-refractivity contribution in [1.82, 2.24) is 9.88 Å². The summed E-state index contributed by atoms with van der Waals surface area (Å²) in [6, 6.07) is 18.0. The fourth-order valence-electron chi connectivity index (χ4n) is 4.33. The molecule has 5 rings (SSSR count). The van der Waals surface area contributed by atoms with E-state index in [0.29, 0.717) is 53.0 Å². The van der Waals surface area contributed by atoms with Gasteiger partial charge in [0.2, 0.25) is 5.91 Å². The normalized spacial score (nSPS) is 15.0. The lowest BCUT2D eigenvalue weighted by molar-refractivity contribution is -0.119. The van der Waals surface area contributed by atoms with E-state index in [1.165, 1.54) is 12.1 Å². The Morgan fingerprint density at radius 3 is 2.43 bits per heavy atom. The Morgan fingerprint density at radius 2 is 1.68 bits per heavy atom. The molecule has 10 heteroatoms. The molecule has 1 saturated heterocycles. The number of rotatable bonds is 5. The van der Waals surface area contributed by atoms with Gasteiger partial charge >= 0.3 is 6.03 Å². The van der Waals surface area contributed by atoms with Crippen LogP contribution in [0.4, 0.5) is 26.2 Å². The van der Waals surface area contributed by atoms with Crippen molar-refractivity contribution in [3.8, 4) is 0 Å². The SMILES string of the molecule is O=C(Nc1ccc(NC(=O)C2CCN(C(=O)c3ccccc3I)C2)cc1)Nc1c[nH]c2ccc(F)cc12. The van der Waals surface area contributed by atoms with E-state index in [2.05, 4.69) is 43.5 Å². The first-order valence-electron chi connectivity index (χ1n) is 11.7. The summed E-state index contributed by atoms with van der Waals surface area (Å²) in [6.45, 7) is 0.899. The predicted octanol–water partition coefficient (Wildman–Crippen LogP) is 5.66. The number of carbonyl (C=O) groups excluding carboxylic acids is 3. The Hall–Kier alpha value is -3.93. The van der Waals surface area contributed by atoms with Crippen molar-refractivity contribution in [1.29, 1.82) is 0 Å². The van der Waals surface area contributed by atoms with Gasteiger partial charge in [0.1, 0.15) is 5.82 Å². The van der Waals surface area contributed by atoms with Gasteiger partial charge in [-0.1, -0.05) is 12.1 Å². The Labute approximate surface area is 225 Å². The lowest BCUT2D eigenvalue weighted by atomic mass is 10.1. The van der Waals surface area contributed by atoms with Crippen LogP contribution in [0.2, 0.25) is 0 Å². The Kier molecular flexibility index (Phi) is 7.08. The molecule has 1 atom stereocenters. The van der Waals surface area contributed by atoms with Gasteiger partial charge in [-0.05, 0) is 83.6 Å². The quantitative estimate of drug-likeness (QED) is 0.219. The van der Waals surface area contributed by atoms with Crippen LogP contribution < -0.4 is 16.0 Å². The van der Waals surface area contributed by atoms with Crippen LogP contribution >= 0.6 is 22.6 Å². The molecule has 0 radical (unpaired) electrons. The zero-order valence-electron chi connectivity index (χ0n) is 19.6. The van der Waals surface area contributed by atoms with Crippen molar-refractivity contribution in [2.24, 2.45) is 5.92 Å². The van der Waals surface area contributed by atoms with E-state index in [4.69, 9.17) is 0 Å². The maximum absolute atomic E-state index is 13.6. The van der Waals surface area contributed by atoms with Gasteiger partial charge in [-0.2, -0.15) is 0 Å². The average molecular weight is 611 g/mol. The molecule has 4 N–H and O–H groups in total. The van der Waals surface area contributed by atoms with Crippen LogP contribution in [0.3, 0.4) is 0 Å². The number of likely N-dealkylation sites (tertiary alicyclic amines) is 1. The molecule has 4 aromatic rings. The topological polar surface area (TPSA) is 106 Å². The Morgan fingerprint density at radius 1 is 0.946 bits per heavy atom. The molecule has 1 aliphatic rings. The van der Waals surface area contributed by atoms with E-state index in [9.17, 15) is 18.8 Å². The number of amides is 4. The maximum atomic E-state index is 13.6. The minimum Gasteiger partial charge on any atom is -0.359 e. The summed E-state index contributed by atoms with van der Waals surface area (Å²) in [6.07, 6.45) is 2.19. The van der Waals surface area contributed by atoms with E-state index in [-0.39, 0.29) is 17.7 Å². The molecule has 2 heterocycles. The summed E-state index contributed by atoms with van der Waals surface area (Å²) in [5, 5.41) is 8.88. The lowest BCUT2D eigenvalue weighted by Crippen LogP contribution is -2.31. The molecular formula is C27H23FIN5O3. The highest BCUT2D eigenvalue weighted by Gasteiger charge is 2.32. The van der Waals surface area contributed by atoms with Gasteiger partial charge in [-0.3, -0.25) is 9.59 Å². The number of H-pyrrole nitrogens is 1. The van der Waals surface area contributed by atoms with Gasteiger partial charge in [0, 0.05) is 45.1 Å². The molecule has 0 bridgehead atoms. The largest absolute Gasteiger partial charge is 0.359 e. The van der Waals surface area contributed by atoms with E-state index in [1.807, 2.05) is 18.2 Å². The van der Waals surface area contributed by atoms with Crippen LogP contribution in [0.1, 0.15) is 16.8 Å². The number of hydrogen-bond acceptors (Lipinski definition) is 3. The molecular weight excluding hydrogens is 588 g/mol. The van der Waals surface area contributed by atoms with Crippen LogP contribution in [-0.4, -0.2) is 40.8 Å². The number of aromatic amines is 1. The third-order valence-electron chi connectivity index (χ3n) is 6.25. The first-order valence-corrected chi connectivity index (χ1v) is 12.7. The molecule has 0 saturated carbocycles. The average Bonchev–Trinajstić information content (AvgIpc) is 3.53. The van der Waals surface area contributed by atoms with Crippen molar-refractivity contribution in [3.63, 3.8) is 0 Å². The van der Waals surface area contributed by atoms with Crippen LogP contribution in [0, 0.1) is 15.3 Å². The molecule has 1 unspecified atom stereocenters. The minimum atomic E-state index is -0.481. The first-order chi connectivity index (χ1) is 17.9. The zero-order chi connectivity index (χ0) is 25.9. The molecule has 3 aromatic carbocycles. The third kappa shape index (κ3) is 5.58. The highest BCUT2D eigenvalue weighted by Crippen LogP contribution is 2.25. The number of urea groups is 1. The van der Waals surface area contributed by atoms with Crippen molar-refractivity contribution >= 4 is 68.4 Å². The fraction of sp³-hybridized carbons (Fsp3) is 0.148. The number of carbonyl (C=O) groups is 3. The predicted molar refractivity (Wildman–Crippen MR) is 149 cm³/mol. The van der Waals surface area contributed by atoms with Gasteiger partial charge in [-0.15, -0.1) is 0 Å². The van der Waals surface area contributed by atoms with Gasteiger partial charge in [0.25, 0.3) is 5.91 Å². The lowest BCUT2D eigenvalue weighted by Gasteiger charge is -2.17. The summed E-state index contributed by atoms with van der Waals surface area (Å²) < 4.78 is 14.4. The smallest absolute Gasteiger partial charge is 0.323 e. The fourth-order valence-corrected chi connectivity index (χ4v) is 4.94. The van der Waals surface area contributed by atoms with Gasteiger partial charge in [0.15, 0.2) is 0 Å². The summed E-state index contributed by atoms with van der Waals surface area (Å²) in [5.74, 6) is -0.902. The Bertz CT molecular complexity index is 1490. The van der Waals surface area contributed by atoms with Crippen molar-refractivity contribution < 1.29 is 18.8 Å². The highest BCUT2D eigenvalue weighted by atomic mass is 127. The molecule has 188 valence electrons. The molecule has 1 aromatic heterocycles. The monoisotopic (exact) mass is 611 g/mol. The first kappa shape index (κ1) is 24.8. The molecule has 0 aliphatic carbocycles. The Balaban J connectivity index is 1.14. The summed E-state index contributed by atoms with van der Waals surface area (Å²) in [5.41, 5.74) is 2.93. The molecule has 4 amide bonds. The van der Waals surface area contributed by atoms with Crippen LogP contribution in [0.15, 0.2) is 72.9 Å². The molecule has 1 fully saturated rings. The second kappa shape index (κ2) is 10.6. The van der Waals surface area contributed by atoms with Crippen molar-refractivity contribution in [2.45, 2.75) is 6.42 Å². The number of halogens is 2. The minimum absolute atomic E-state index is 0.0632. The number of aromatic nitrogens is 1. The summed E-state index contributed by atoms with van der Waals surface area (Å²) >= 11 is 2.14. The molecule has 1 aliphatic heterocycles. The van der Waals surface area contributed by atoms with Crippen LogP contribution in [-0.2, 0) is 4.79 Å².